The number of hydrogen-bond acceptors (Lipinski definition) is 3. The summed E-state index contributed by atoms with van der Waals surface area (Å²) in [4.78, 5) is 16.7. The van der Waals surface area contributed by atoms with E-state index in [4.69, 9.17) is 0 Å². The van der Waals surface area contributed by atoms with Gasteiger partial charge in [0, 0.05) is 31.3 Å². The highest BCUT2D eigenvalue weighted by atomic mass is 16.1. The molecule has 6 heteroatoms. The van der Waals surface area contributed by atoms with Gasteiger partial charge in [-0.1, -0.05) is 12.1 Å². The number of pyridine rings is 2. The molecular formula is C18H15N5O. The van der Waals surface area contributed by atoms with E-state index in [2.05, 4.69) is 20.5 Å². The Labute approximate surface area is 138 Å². The highest BCUT2D eigenvalue weighted by Crippen LogP contribution is 2.24. The van der Waals surface area contributed by atoms with Crippen LogP contribution < -0.4 is 5.32 Å². The van der Waals surface area contributed by atoms with E-state index in [9.17, 15) is 4.79 Å². The highest BCUT2D eigenvalue weighted by molar-refractivity contribution is 6.02. The van der Waals surface area contributed by atoms with Crippen molar-refractivity contribution < 1.29 is 4.79 Å². The molecule has 4 aromatic rings. The van der Waals surface area contributed by atoms with Crippen LogP contribution >= 0.6 is 0 Å². The molecule has 118 valence electrons. The van der Waals surface area contributed by atoms with Crippen LogP contribution in [0.15, 0.2) is 67.3 Å². The lowest BCUT2D eigenvalue weighted by molar-refractivity contribution is 0.0952. The molecule has 0 aliphatic heterocycles. The van der Waals surface area contributed by atoms with E-state index in [1.165, 1.54) is 0 Å². The van der Waals surface area contributed by atoms with Crippen LogP contribution in [0.4, 0.5) is 0 Å². The summed E-state index contributed by atoms with van der Waals surface area (Å²) in [5, 5.41) is 9.88. The van der Waals surface area contributed by atoms with Gasteiger partial charge in [0.05, 0.1) is 22.5 Å². The van der Waals surface area contributed by atoms with E-state index in [0.29, 0.717) is 12.1 Å². The largest absolute Gasteiger partial charge is 0.348 e. The second kappa shape index (κ2) is 6.00. The lowest BCUT2D eigenvalue weighted by Crippen LogP contribution is -2.22. The van der Waals surface area contributed by atoms with Gasteiger partial charge in [-0.3, -0.25) is 14.9 Å². The van der Waals surface area contributed by atoms with Crippen molar-refractivity contribution in [1.29, 1.82) is 0 Å². The number of carbonyl (C=O) groups is 1. The van der Waals surface area contributed by atoms with Crippen molar-refractivity contribution in [3.05, 3.63) is 78.4 Å². The average molecular weight is 317 g/mol. The molecule has 2 N–H and O–H groups in total. The molecule has 0 fully saturated rings. The van der Waals surface area contributed by atoms with Gasteiger partial charge in [-0.05, 0) is 35.9 Å². The third-order valence-corrected chi connectivity index (χ3v) is 3.87. The first kappa shape index (κ1) is 14.2. The van der Waals surface area contributed by atoms with Gasteiger partial charge in [0.15, 0.2) is 0 Å². The lowest BCUT2D eigenvalue weighted by Gasteiger charge is -2.04. The molecule has 0 spiro atoms. The molecule has 4 heterocycles. The first-order valence-corrected chi connectivity index (χ1v) is 7.60. The normalized spacial score (nSPS) is 10.8. The molecule has 4 rings (SSSR count). The zero-order valence-corrected chi connectivity index (χ0v) is 12.8. The van der Waals surface area contributed by atoms with Gasteiger partial charge in [-0.25, -0.2) is 0 Å². The van der Waals surface area contributed by atoms with Gasteiger partial charge >= 0.3 is 0 Å². The highest BCUT2D eigenvalue weighted by Gasteiger charge is 2.16. The summed E-state index contributed by atoms with van der Waals surface area (Å²) in [6.45, 7) is 0.441. The first-order valence-electron chi connectivity index (χ1n) is 7.60. The van der Waals surface area contributed by atoms with Crippen molar-refractivity contribution in [3.63, 3.8) is 0 Å². The summed E-state index contributed by atoms with van der Waals surface area (Å²) in [6.07, 6.45) is 7.08. The number of aromatic amines is 1. The summed E-state index contributed by atoms with van der Waals surface area (Å²) < 4.78 is 1.98. The molecule has 0 aliphatic carbocycles. The Hall–Kier alpha value is -3.41. The summed E-state index contributed by atoms with van der Waals surface area (Å²) >= 11 is 0. The molecular weight excluding hydrogens is 302 g/mol. The Bertz CT molecular complexity index is 973. The third-order valence-electron chi connectivity index (χ3n) is 3.87. The molecule has 0 radical (unpaired) electrons. The summed E-state index contributed by atoms with van der Waals surface area (Å²) in [5.41, 5.74) is 4.20. The van der Waals surface area contributed by atoms with E-state index in [-0.39, 0.29) is 5.91 Å². The Morgan fingerprint density at radius 1 is 1.17 bits per heavy atom. The Kier molecular flexibility index (Phi) is 3.55. The fraction of sp³-hybridized carbons (Fsp3) is 0.0556. The molecule has 0 atom stereocenters. The molecule has 0 unspecified atom stereocenters. The standard InChI is InChI=1S/C18H15N5O/c24-18(20-12-13-4-3-7-19-11-13)14-10-17(15-6-8-21-22-15)23-9-2-1-5-16(14)23/h1-11H,12H2,(H,20,24)(H,21,22). The number of amides is 1. The number of carbonyl (C=O) groups excluding carboxylic acids is 1. The van der Waals surface area contributed by atoms with Crippen LogP contribution in [0.3, 0.4) is 0 Å². The fourth-order valence-electron chi connectivity index (χ4n) is 2.72. The SMILES string of the molecule is O=C(NCc1cccnc1)c1cc(-c2ccn[nH]2)n2ccccc12. The molecule has 1 amide bonds. The third kappa shape index (κ3) is 2.54. The number of H-pyrrole nitrogens is 1. The van der Waals surface area contributed by atoms with Crippen LogP contribution in [0.5, 0.6) is 0 Å². The van der Waals surface area contributed by atoms with E-state index in [1.807, 2.05) is 53.1 Å². The van der Waals surface area contributed by atoms with Crippen molar-refractivity contribution in [3.8, 4) is 11.4 Å². The maximum Gasteiger partial charge on any atom is 0.253 e. The molecule has 0 saturated heterocycles. The minimum Gasteiger partial charge on any atom is -0.348 e. The molecule has 6 nitrogen and oxygen atoms in total. The van der Waals surface area contributed by atoms with Crippen LogP contribution in [0.2, 0.25) is 0 Å². The van der Waals surface area contributed by atoms with E-state index in [1.54, 1.807) is 18.6 Å². The summed E-state index contributed by atoms with van der Waals surface area (Å²) in [5.74, 6) is -0.117. The van der Waals surface area contributed by atoms with Crippen molar-refractivity contribution >= 4 is 11.4 Å². The van der Waals surface area contributed by atoms with E-state index >= 15 is 0 Å². The van der Waals surface area contributed by atoms with Gasteiger partial charge in [0.25, 0.3) is 5.91 Å². The van der Waals surface area contributed by atoms with Crippen LogP contribution in [0.25, 0.3) is 16.9 Å². The Balaban J connectivity index is 1.68. The predicted octanol–water partition coefficient (Wildman–Crippen LogP) is 2.65. The van der Waals surface area contributed by atoms with Crippen molar-refractivity contribution in [1.82, 2.24) is 24.9 Å². The van der Waals surface area contributed by atoms with Crippen molar-refractivity contribution in [2.45, 2.75) is 6.54 Å². The van der Waals surface area contributed by atoms with Crippen LogP contribution in [-0.4, -0.2) is 25.5 Å². The van der Waals surface area contributed by atoms with Gasteiger partial charge < -0.3 is 9.72 Å². The van der Waals surface area contributed by atoms with E-state index in [0.717, 1.165) is 22.5 Å². The minimum absolute atomic E-state index is 0.117. The number of aromatic nitrogens is 4. The lowest BCUT2D eigenvalue weighted by atomic mass is 10.2. The second-order valence-electron chi connectivity index (χ2n) is 5.41. The van der Waals surface area contributed by atoms with Crippen molar-refractivity contribution in [2.75, 3.05) is 0 Å². The molecule has 0 aliphatic rings. The molecule has 0 aromatic carbocycles. The Morgan fingerprint density at radius 3 is 2.92 bits per heavy atom. The van der Waals surface area contributed by atoms with Crippen LogP contribution in [0.1, 0.15) is 15.9 Å². The monoisotopic (exact) mass is 317 g/mol. The minimum atomic E-state index is -0.117. The van der Waals surface area contributed by atoms with E-state index < -0.39 is 0 Å². The number of fused-ring (bicyclic) bond motifs is 1. The zero-order valence-electron chi connectivity index (χ0n) is 12.8. The van der Waals surface area contributed by atoms with Gasteiger partial charge in [-0.15, -0.1) is 0 Å². The molecule has 24 heavy (non-hydrogen) atoms. The molecule has 0 bridgehead atoms. The van der Waals surface area contributed by atoms with Crippen LogP contribution in [0, 0.1) is 0 Å². The average Bonchev–Trinajstić information content (AvgIpc) is 3.28. The van der Waals surface area contributed by atoms with Crippen molar-refractivity contribution in [2.24, 2.45) is 0 Å². The molecule has 0 saturated carbocycles. The smallest absolute Gasteiger partial charge is 0.253 e. The predicted molar refractivity (Wildman–Crippen MR) is 90.4 cm³/mol. The topological polar surface area (TPSA) is 75.1 Å². The first-order chi connectivity index (χ1) is 11.8. The fourth-order valence-corrected chi connectivity index (χ4v) is 2.72. The number of nitrogens with zero attached hydrogens (tertiary/aromatic N) is 3. The Morgan fingerprint density at radius 2 is 2.12 bits per heavy atom. The maximum absolute atomic E-state index is 12.6. The number of hydrogen-bond donors (Lipinski definition) is 2. The zero-order chi connectivity index (χ0) is 16.4. The van der Waals surface area contributed by atoms with Gasteiger partial charge in [-0.2, -0.15) is 5.10 Å². The second-order valence-corrected chi connectivity index (χ2v) is 5.41. The summed E-state index contributed by atoms with van der Waals surface area (Å²) in [7, 11) is 0. The van der Waals surface area contributed by atoms with Gasteiger partial charge in [0.1, 0.15) is 0 Å². The summed E-state index contributed by atoms with van der Waals surface area (Å²) in [6, 6.07) is 13.3. The number of rotatable bonds is 4. The van der Waals surface area contributed by atoms with Gasteiger partial charge in [0.2, 0.25) is 0 Å². The maximum atomic E-state index is 12.6. The number of nitrogens with one attached hydrogen (secondary N) is 2. The molecule has 4 aromatic heterocycles. The quantitative estimate of drug-likeness (QED) is 0.607. The van der Waals surface area contributed by atoms with Crippen LogP contribution in [-0.2, 0) is 6.54 Å².